The van der Waals surface area contributed by atoms with E-state index in [2.05, 4.69) is 0 Å². The summed E-state index contributed by atoms with van der Waals surface area (Å²) in [6.07, 6.45) is 0.461. The van der Waals surface area contributed by atoms with Crippen LogP contribution in [0.2, 0.25) is 0 Å². The molecular formula is C8H14Cl2O5. The Morgan fingerprint density at radius 1 is 1.27 bits per heavy atom. The van der Waals surface area contributed by atoms with Gasteiger partial charge in [-0.3, -0.25) is 4.74 Å². The van der Waals surface area contributed by atoms with E-state index in [4.69, 9.17) is 47.6 Å². The molecule has 0 saturated carbocycles. The molecule has 0 aromatic rings. The maximum Gasteiger partial charge on any atom is 0.328 e. The van der Waals surface area contributed by atoms with E-state index in [0.29, 0.717) is 6.42 Å². The molecule has 1 heterocycles. The van der Waals surface area contributed by atoms with Crippen molar-refractivity contribution in [3.63, 3.8) is 0 Å². The molecule has 1 N–H and O–H groups in total. The van der Waals surface area contributed by atoms with E-state index >= 15 is 0 Å². The molecule has 1 aliphatic heterocycles. The Morgan fingerprint density at radius 3 is 2.47 bits per heavy atom. The van der Waals surface area contributed by atoms with E-state index < -0.39 is 11.8 Å². The number of hydrogen-bond acceptors (Lipinski definition) is 5. The van der Waals surface area contributed by atoms with Gasteiger partial charge in [0.25, 0.3) is 0 Å². The molecule has 1 fully saturated rings. The molecule has 0 bridgehead atoms. The summed E-state index contributed by atoms with van der Waals surface area (Å²) in [5, 5.41) is 8.60. The number of halogens is 2. The topological polar surface area (TPSA) is 57.2 Å². The molecule has 0 spiro atoms. The van der Waals surface area contributed by atoms with Gasteiger partial charge in [-0.05, 0) is 13.3 Å². The third kappa shape index (κ3) is 3.42. The lowest BCUT2D eigenvalue weighted by atomic mass is 10.4. The molecule has 0 amide bonds. The summed E-state index contributed by atoms with van der Waals surface area (Å²) in [6.45, 7) is 1.89. The van der Waals surface area contributed by atoms with Crippen molar-refractivity contribution in [2.24, 2.45) is 0 Å². The Morgan fingerprint density at radius 2 is 2.00 bits per heavy atom. The molecule has 5 nitrogen and oxygen atoms in total. The van der Waals surface area contributed by atoms with Crippen LogP contribution in [0.3, 0.4) is 0 Å². The van der Waals surface area contributed by atoms with Gasteiger partial charge in [0, 0.05) is 6.61 Å². The molecule has 0 aliphatic carbocycles. The molecular weight excluding hydrogens is 247 g/mol. The number of alkyl halides is 2. The monoisotopic (exact) mass is 260 g/mol. The van der Waals surface area contributed by atoms with Crippen molar-refractivity contribution >= 4 is 23.2 Å². The molecule has 0 radical (unpaired) electrons. The zero-order valence-corrected chi connectivity index (χ0v) is 9.88. The van der Waals surface area contributed by atoms with Crippen molar-refractivity contribution in [2.45, 2.75) is 25.1 Å². The highest BCUT2D eigenvalue weighted by molar-refractivity contribution is 6.18. The van der Waals surface area contributed by atoms with Crippen molar-refractivity contribution < 1.29 is 24.4 Å². The average molecular weight is 261 g/mol. The van der Waals surface area contributed by atoms with Gasteiger partial charge in [-0.2, -0.15) is 9.78 Å². The fourth-order valence-electron chi connectivity index (χ4n) is 0.998. The minimum atomic E-state index is -1.43. The first-order valence-electron chi connectivity index (χ1n) is 4.53. The SMILES string of the molecule is C[C@]1(CCl)OO[C@](CCl)(OCCCO)O1. The highest BCUT2D eigenvalue weighted by atomic mass is 35.5. The highest BCUT2D eigenvalue weighted by Gasteiger charge is 2.51. The van der Waals surface area contributed by atoms with Crippen LogP contribution in [0.5, 0.6) is 0 Å². The molecule has 1 saturated heterocycles. The minimum Gasteiger partial charge on any atom is -0.396 e. The molecule has 2 atom stereocenters. The zero-order valence-electron chi connectivity index (χ0n) is 8.37. The van der Waals surface area contributed by atoms with Gasteiger partial charge < -0.3 is 9.84 Å². The fourth-order valence-corrected chi connectivity index (χ4v) is 1.27. The molecule has 1 aliphatic rings. The lowest BCUT2D eigenvalue weighted by Crippen LogP contribution is -2.40. The second kappa shape index (κ2) is 5.63. The molecule has 7 heteroatoms. The van der Waals surface area contributed by atoms with E-state index in [1.165, 1.54) is 0 Å². The number of rotatable bonds is 6. The van der Waals surface area contributed by atoms with E-state index in [9.17, 15) is 0 Å². The zero-order chi connectivity index (χ0) is 11.4. The van der Waals surface area contributed by atoms with Crippen molar-refractivity contribution in [3.8, 4) is 0 Å². The quantitative estimate of drug-likeness (QED) is 0.442. The fraction of sp³-hybridized carbons (Fsp3) is 1.00. The van der Waals surface area contributed by atoms with Crippen LogP contribution in [0.1, 0.15) is 13.3 Å². The van der Waals surface area contributed by atoms with Gasteiger partial charge in [0.15, 0.2) is 0 Å². The minimum absolute atomic E-state index is 0.0198. The molecule has 0 aromatic heterocycles. The van der Waals surface area contributed by atoms with Crippen LogP contribution in [0.4, 0.5) is 0 Å². The van der Waals surface area contributed by atoms with Gasteiger partial charge in [0.2, 0.25) is 5.79 Å². The normalized spacial score (nSPS) is 36.0. The summed E-state index contributed by atoms with van der Waals surface area (Å²) in [7, 11) is 0. The van der Waals surface area contributed by atoms with Crippen molar-refractivity contribution in [1.82, 2.24) is 0 Å². The summed E-state index contributed by atoms with van der Waals surface area (Å²) in [5.41, 5.74) is 0. The molecule has 15 heavy (non-hydrogen) atoms. The van der Waals surface area contributed by atoms with Crippen LogP contribution in [-0.4, -0.2) is 41.8 Å². The largest absolute Gasteiger partial charge is 0.396 e. The van der Waals surface area contributed by atoms with Gasteiger partial charge in [0.05, 0.1) is 12.5 Å². The second-order valence-corrected chi connectivity index (χ2v) is 3.81. The van der Waals surface area contributed by atoms with Crippen LogP contribution in [0.15, 0.2) is 0 Å². The van der Waals surface area contributed by atoms with Gasteiger partial charge in [0.1, 0.15) is 5.88 Å². The number of hydrogen-bond donors (Lipinski definition) is 1. The van der Waals surface area contributed by atoms with Crippen LogP contribution in [-0.2, 0) is 19.2 Å². The number of aliphatic hydroxyl groups is 1. The predicted octanol–water partition coefficient (Wildman–Crippen LogP) is 1.21. The van der Waals surface area contributed by atoms with Crippen LogP contribution in [0.25, 0.3) is 0 Å². The van der Waals surface area contributed by atoms with Crippen LogP contribution >= 0.6 is 23.2 Å². The summed E-state index contributed by atoms with van der Waals surface area (Å²) in [5.74, 6) is -2.45. The third-order valence-electron chi connectivity index (χ3n) is 1.75. The Kier molecular flexibility index (Phi) is 5.05. The first-order valence-corrected chi connectivity index (χ1v) is 5.60. The lowest BCUT2D eigenvalue weighted by molar-refractivity contribution is -0.407. The van der Waals surface area contributed by atoms with Gasteiger partial charge in [-0.15, -0.1) is 23.2 Å². The van der Waals surface area contributed by atoms with Gasteiger partial charge in [-0.25, -0.2) is 0 Å². The number of aliphatic hydroxyl groups excluding tert-OH is 1. The van der Waals surface area contributed by atoms with Crippen molar-refractivity contribution in [3.05, 3.63) is 0 Å². The summed E-state index contributed by atoms with van der Waals surface area (Å²) in [4.78, 5) is 9.80. The third-order valence-corrected chi connectivity index (χ3v) is 2.56. The van der Waals surface area contributed by atoms with Crippen molar-refractivity contribution in [1.29, 1.82) is 0 Å². The summed E-state index contributed by atoms with van der Waals surface area (Å²) < 4.78 is 10.6. The number of ether oxygens (including phenoxy) is 2. The molecule has 90 valence electrons. The van der Waals surface area contributed by atoms with Gasteiger partial charge in [-0.1, -0.05) is 0 Å². The maximum absolute atomic E-state index is 8.60. The van der Waals surface area contributed by atoms with Crippen molar-refractivity contribution in [2.75, 3.05) is 25.0 Å². The lowest BCUT2D eigenvalue weighted by Gasteiger charge is -2.24. The molecule has 0 unspecified atom stereocenters. The van der Waals surface area contributed by atoms with Crippen LogP contribution in [0, 0.1) is 0 Å². The van der Waals surface area contributed by atoms with E-state index in [-0.39, 0.29) is 25.0 Å². The molecule has 0 aromatic carbocycles. The molecule has 1 rings (SSSR count). The Bertz CT molecular complexity index is 205. The maximum atomic E-state index is 8.60. The summed E-state index contributed by atoms with van der Waals surface area (Å²) in [6, 6.07) is 0. The second-order valence-electron chi connectivity index (χ2n) is 3.28. The van der Waals surface area contributed by atoms with E-state index in [1.54, 1.807) is 6.92 Å². The Labute approximate surface area is 98.1 Å². The Hall–Kier alpha value is 0.380. The Balaban J connectivity index is 2.49. The standard InChI is InChI=1S/C8H14Cl2O5/c1-7(5-9)13-8(6-10,15-14-7)12-4-2-3-11/h11H,2-6H2,1H3/t7-,8-/m1/s1. The van der Waals surface area contributed by atoms with E-state index in [0.717, 1.165) is 0 Å². The average Bonchev–Trinajstić information content (AvgIpc) is 2.59. The first kappa shape index (κ1) is 13.4. The highest BCUT2D eigenvalue weighted by Crippen LogP contribution is 2.35. The van der Waals surface area contributed by atoms with Crippen LogP contribution < -0.4 is 0 Å². The first-order chi connectivity index (χ1) is 7.10. The smallest absolute Gasteiger partial charge is 0.328 e. The summed E-state index contributed by atoms with van der Waals surface area (Å²) >= 11 is 11.3. The predicted molar refractivity (Wildman–Crippen MR) is 53.5 cm³/mol. The van der Waals surface area contributed by atoms with E-state index in [1.807, 2.05) is 0 Å². The van der Waals surface area contributed by atoms with Gasteiger partial charge >= 0.3 is 5.97 Å².